The first-order valence-corrected chi connectivity index (χ1v) is 9.16. The van der Waals surface area contributed by atoms with E-state index in [1.165, 1.54) is 6.42 Å². The van der Waals surface area contributed by atoms with Gasteiger partial charge in [0.1, 0.15) is 5.75 Å². The number of hydrogen-bond acceptors (Lipinski definition) is 2. The van der Waals surface area contributed by atoms with E-state index in [-0.39, 0.29) is 5.91 Å². The Kier molecular flexibility index (Phi) is 5.33. The summed E-state index contributed by atoms with van der Waals surface area (Å²) in [6.45, 7) is 1.97. The molecule has 1 fully saturated rings. The maximum Gasteiger partial charge on any atom is 0.235 e. The molecule has 0 aromatic heterocycles. The average Bonchev–Trinajstić information content (AvgIpc) is 2.63. The predicted octanol–water partition coefficient (Wildman–Crippen LogP) is 5.50. The van der Waals surface area contributed by atoms with E-state index in [9.17, 15) is 4.79 Å². The summed E-state index contributed by atoms with van der Waals surface area (Å²) in [5.74, 6) is 0.848. The van der Waals surface area contributed by atoms with Gasteiger partial charge in [-0.3, -0.25) is 4.79 Å². The van der Waals surface area contributed by atoms with Gasteiger partial charge in [-0.05, 0) is 55.2 Å². The molecule has 4 heteroatoms. The molecular formula is C21H24ClNO2. The van der Waals surface area contributed by atoms with E-state index < -0.39 is 5.41 Å². The summed E-state index contributed by atoms with van der Waals surface area (Å²) >= 11 is 6.46. The number of rotatable bonds is 4. The highest BCUT2D eigenvalue weighted by Crippen LogP contribution is 2.43. The molecule has 0 radical (unpaired) electrons. The summed E-state index contributed by atoms with van der Waals surface area (Å²) in [5.41, 5.74) is 2.18. The molecule has 1 saturated carbocycles. The molecule has 3 nitrogen and oxygen atoms in total. The van der Waals surface area contributed by atoms with Crippen LogP contribution in [0.2, 0.25) is 5.02 Å². The fourth-order valence-corrected chi connectivity index (χ4v) is 4.15. The second kappa shape index (κ2) is 7.49. The topological polar surface area (TPSA) is 38.3 Å². The zero-order chi connectivity index (χ0) is 17.9. The lowest BCUT2D eigenvalue weighted by molar-refractivity contribution is -0.122. The molecule has 1 aliphatic rings. The number of halogens is 1. The summed E-state index contributed by atoms with van der Waals surface area (Å²) in [5, 5.41) is 3.79. The minimum absolute atomic E-state index is 0.0323. The minimum atomic E-state index is -0.551. The van der Waals surface area contributed by atoms with Crippen LogP contribution in [-0.2, 0) is 10.2 Å². The number of aryl methyl sites for hydroxylation is 1. The van der Waals surface area contributed by atoms with Crippen molar-refractivity contribution in [3.05, 3.63) is 58.6 Å². The highest BCUT2D eigenvalue weighted by atomic mass is 35.5. The Hall–Kier alpha value is -2.00. The first-order valence-electron chi connectivity index (χ1n) is 8.78. The highest BCUT2D eigenvalue weighted by molar-refractivity contribution is 6.31. The summed E-state index contributed by atoms with van der Waals surface area (Å²) in [6, 6.07) is 13.4. The van der Waals surface area contributed by atoms with Crippen LogP contribution in [0.4, 0.5) is 5.69 Å². The van der Waals surface area contributed by atoms with Crippen molar-refractivity contribution in [3.8, 4) is 5.75 Å². The van der Waals surface area contributed by atoms with Crippen LogP contribution in [0.15, 0.2) is 42.5 Å². The third kappa shape index (κ3) is 3.52. The zero-order valence-electron chi connectivity index (χ0n) is 14.8. The largest absolute Gasteiger partial charge is 0.496 e. The predicted molar refractivity (Wildman–Crippen MR) is 103 cm³/mol. The van der Waals surface area contributed by atoms with E-state index in [4.69, 9.17) is 16.3 Å². The van der Waals surface area contributed by atoms with E-state index in [1.807, 2.05) is 49.4 Å². The monoisotopic (exact) mass is 357 g/mol. The fraction of sp³-hybridized carbons (Fsp3) is 0.381. The summed E-state index contributed by atoms with van der Waals surface area (Å²) in [7, 11) is 1.65. The number of carbonyl (C=O) groups excluding carboxylic acids is 1. The van der Waals surface area contributed by atoms with Gasteiger partial charge in [0.05, 0.1) is 12.5 Å². The van der Waals surface area contributed by atoms with Crippen LogP contribution in [-0.4, -0.2) is 13.0 Å². The van der Waals surface area contributed by atoms with E-state index in [0.717, 1.165) is 48.2 Å². The molecule has 2 aromatic rings. The maximum atomic E-state index is 13.3. The van der Waals surface area contributed by atoms with Crippen molar-refractivity contribution < 1.29 is 9.53 Å². The number of amides is 1. The van der Waals surface area contributed by atoms with Crippen LogP contribution in [0.25, 0.3) is 0 Å². The molecule has 25 heavy (non-hydrogen) atoms. The molecule has 3 rings (SSSR count). The zero-order valence-corrected chi connectivity index (χ0v) is 15.5. The third-order valence-corrected chi connectivity index (χ3v) is 5.51. The van der Waals surface area contributed by atoms with Gasteiger partial charge in [0.25, 0.3) is 0 Å². The van der Waals surface area contributed by atoms with Crippen molar-refractivity contribution in [2.75, 3.05) is 12.4 Å². The molecule has 0 aliphatic heterocycles. The van der Waals surface area contributed by atoms with Crippen LogP contribution in [0, 0.1) is 6.92 Å². The van der Waals surface area contributed by atoms with Gasteiger partial charge in [-0.25, -0.2) is 0 Å². The number of nitrogens with one attached hydrogen (secondary N) is 1. The van der Waals surface area contributed by atoms with Gasteiger partial charge < -0.3 is 10.1 Å². The average molecular weight is 358 g/mol. The quantitative estimate of drug-likeness (QED) is 0.784. The SMILES string of the molecule is COc1ccc(NC(=O)C2(c3ccccc3Cl)CCCCC2)cc1C. The van der Waals surface area contributed by atoms with E-state index in [1.54, 1.807) is 7.11 Å². The van der Waals surface area contributed by atoms with Crippen LogP contribution in [0.3, 0.4) is 0 Å². The van der Waals surface area contributed by atoms with Gasteiger partial charge >= 0.3 is 0 Å². The van der Waals surface area contributed by atoms with Crippen molar-refractivity contribution in [1.29, 1.82) is 0 Å². The maximum absolute atomic E-state index is 13.3. The Morgan fingerprint density at radius 2 is 1.84 bits per heavy atom. The number of carbonyl (C=O) groups is 1. The van der Waals surface area contributed by atoms with E-state index in [2.05, 4.69) is 5.32 Å². The van der Waals surface area contributed by atoms with Crippen LogP contribution in [0.5, 0.6) is 5.75 Å². The van der Waals surface area contributed by atoms with Crippen molar-refractivity contribution >= 4 is 23.2 Å². The van der Waals surface area contributed by atoms with Crippen LogP contribution < -0.4 is 10.1 Å². The highest BCUT2D eigenvalue weighted by Gasteiger charge is 2.42. The Morgan fingerprint density at radius 3 is 2.48 bits per heavy atom. The molecule has 0 bridgehead atoms. The second-order valence-electron chi connectivity index (χ2n) is 6.76. The van der Waals surface area contributed by atoms with Gasteiger partial charge in [0.2, 0.25) is 5.91 Å². The first-order chi connectivity index (χ1) is 12.1. The fourth-order valence-electron chi connectivity index (χ4n) is 3.83. The molecule has 1 N–H and O–H groups in total. The van der Waals surface area contributed by atoms with Crippen molar-refractivity contribution in [2.45, 2.75) is 44.4 Å². The van der Waals surface area contributed by atoms with E-state index in [0.29, 0.717) is 5.02 Å². The number of ether oxygens (including phenoxy) is 1. The molecule has 1 aliphatic carbocycles. The summed E-state index contributed by atoms with van der Waals surface area (Å²) in [6.07, 6.45) is 4.91. The van der Waals surface area contributed by atoms with Gasteiger partial charge in [-0.1, -0.05) is 49.1 Å². The lowest BCUT2D eigenvalue weighted by atomic mass is 9.68. The van der Waals surface area contributed by atoms with Crippen molar-refractivity contribution in [1.82, 2.24) is 0 Å². The van der Waals surface area contributed by atoms with E-state index >= 15 is 0 Å². The van der Waals surface area contributed by atoms with Gasteiger partial charge in [-0.2, -0.15) is 0 Å². The summed E-state index contributed by atoms with van der Waals surface area (Å²) in [4.78, 5) is 13.3. The smallest absolute Gasteiger partial charge is 0.235 e. The van der Waals surface area contributed by atoms with Gasteiger partial charge in [0, 0.05) is 10.7 Å². The molecule has 0 unspecified atom stereocenters. The number of methoxy groups -OCH3 is 1. The standard InChI is InChI=1S/C21H24ClNO2/c1-15-14-16(10-11-19(15)25-2)23-20(24)21(12-6-3-7-13-21)17-8-4-5-9-18(17)22/h4-5,8-11,14H,3,6-7,12-13H2,1-2H3,(H,23,24). The molecule has 0 spiro atoms. The number of benzene rings is 2. The van der Waals surface area contributed by atoms with Gasteiger partial charge in [-0.15, -0.1) is 0 Å². The first kappa shape index (κ1) is 17.8. The second-order valence-corrected chi connectivity index (χ2v) is 7.17. The Morgan fingerprint density at radius 1 is 1.12 bits per heavy atom. The molecule has 132 valence electrons. The van der Waals surface area contributed by atoms with Crippen molar-refractivity contribution in [2.24, 2.45) is 0 Å². The molecule has 0 heterocycles. The molecular weight excluding hydrogens is 334 g/mol. The normalized spacial score (nSPS) is 16.3. The minimum Gasteiger partial charge on any atom is -0.496 e. The number of anilines is 1. The van der Waals surface area contributed by atoms with Crippen LogP contribution >= 0.6 is 11.6 Å². The van der Waals surface area contributed by atoms with Gasteiger partial charge in [0.15, 0.2) is 0 Å². The van der Waals surface area contributed by atoms with Crippen LogP contribution in [0.1, 0.15) is 43.2 Å². The Balaban J connectivity index is 1.93. The molecule has 0 atom stereocenters. The molecule has 1 amide bonds. The third-order valence-electron chi connectivity index (χ3n) is 5.18. The lowest BCUT2D eigenvalue weighted by Gasteiger charge is -2.37. The lowest BCUT2D eigenvalue weighted by Crippen LogP contribution is -2.42. The Bertz CT molecular complexity index is 766. The van der Waals surface area contributed by atoms with Crippen molar-refractivity contribution in [3.63, 3.8) is 0 Å². The Labute approximate surface area is 154 Å². The molecule has 0 saturated heterocycles. The number of hydrogen-bond donors (Lipinski definition) is 1. The summed E-state index contributed by atoms with van der Waals surface area (Å²) < 4.78 is 5.30. The molecule has 2 aromatic carbocycles.